The van der Waals surface area contributed by atoms with E-state index in [1.165, 1.54) is 12.3 Å². The van der Waals surface area contributed by atoms with Crippen LogP contribution in [0, 0.1) is 24.0 Å². The van der Waals surface area contributed by atoms with Crippen LogP contribution >= 0.6 is 0 Å². The Morgan fingerprint density at radius 1 is 1.30 bits per heavy atom. The molecule has 11 heteroatoms. The predicted molar refractivity (Wildman–Crippen MR) is 94.0 cm³/mol. The van der Waals surface area contributed by atoms with Crippen molar-refractivity contribution in [2.24, 2.45) is 5.10 Å². The molecule has 1 amide bonds. The average Bonchev–Trinajstić information content (AvgIpc) is 3.25. The van der Waals surface area contributed by atoms with E-state index in [4.69, 9.17) is 10.2 Å². The maximum absolute atomic E-state index is 11.8. The van der Waals surface area contributed by atoms with E-state index in [1.807, 2.05) is 0 Å². The molecule has 138 valence electrons. The van der Waals surface area contributed by atoms with Crippen LogP contribution in [0.1, 0.15) is 27.4 Å². The lowest BCUT2D eigenvalue weighted by molar-refractivity contribution is -0.385. The smallest absolute Gasteiger partial charge is 0.297 e. The SMILES string of the molecule is Cc1cc([N+](=O)[O-])c(C)cc1-c1ccc(C=NNC(=O)c2nonc2N)o1. The van der Waals surface area contributed by atoms with Crippen molar-refractivity contribution in [3.05, 3.63) is 57.0 Å². The van der Waals surface area contributed by atoms with Gasteiger partial charge in [0.2, 0.25) is 11.5 Å². The number of hydrogen-bond donors (Lipinski definition) is 2. The summed E-state index contributed by atoms with van der Waals surface area (Å²) in [7, 11) is 0. The molecule has 0 atom stereocenters. The first-order valence-corrected chi connectivity index (χ1v) is 7.64. The number of hydrazone groups is 1. The Balaban J connectivity index is 1.75. The number of nitrogens with zero attached hydrogens (tertiary/aromatic N) is 4. The van der Waals surface area contributed by atoms with Crippen molar-refractivity contribution in [1.82, 2.24) is 15.7 Å². The van der Waals surface area contributed by atoms with Crippen LogP contribution in [0.25, 0.3) is 11.3 Å². The molecule has 27 heavy (non-hydrogen) atoms. The Morgan fingerprint density at radius 3 is 2.74 bits per heavy atom. The molecule has 11 nitrogen and oxygen atoms in total. The Bertz CT molecular complexity index is 1050. The van der Waals surface area contributed by atoms with Crippen LogP contribution in [-0.2, 0) is 0 Å². The number of anilines is 1. The Labute approximate surface area is 152 Å². The van der Waals surface area contributed by atoms with Gasteiger partial charge in [-0.2, -0.15) is 5.10 Å². The second-order valence-corrected chi connectivity index (χ2v) is 5.61. The first-order chi connectivity index (χ1) is 12.9. The number of carbonyl (C=O) groups excluding carboxylic acids is 1. The third-order valence-electron chi connectivity index (χ3n) is 3.72. The van der Waals surface area contributed by atoms with Crippen LogP contribution < -0.4 is 11.2 Å². The van der Waals surface area contributed by atoms with Gasteiger partial charge < -0.3 is 10.2 Å². The summed E-state index contributed by atoms with van der Waals surface area (Å²) < 4.78 is 9.99. The third kappa shape index (κ3) is 3.66. The maximum atomic E-state index is 11.8. The first-order valence-electron chi connectivity index (χ1n) is 7.64. The van der Waals surface area contributed by atoms with E-state index in [1.54, 1.807) is 32.0 Å². The highest BCUT2D eigenvalue weighted by molar-refractivity contribution is 5.96. The summed E-state index contributed by atoms with van der Waals surface area (Å²) in [4.78, 5) is 22.3. The largest absolute Gasteiger partial charge is 0.455 e. The molecule has 0 bridgehead atoms. The first kappa shape index (κ1) is 17.8. The number of nitro benzene ring substituents is 1. The molecular weight excluding hydrogens is 356 g/mol. The Morgan fingerprint density at radius 2 is 2.07 bits per heavy atom. The highest BCUT2D eigenvalue weighted by Gasteiger charge is 2.17. The van der Waals surface area contributed by atoms with Crippen molar-refractivity contribution >= 4 is 23.6 Å². The van der Waals surface area contributed by atoms with Gasteiger partial charge in [-0.05, 0) is 47.9 Å². The quantitative estimate of drug-likeness (QED) is 0.392. The number of benzene rings is 1. The highest BCUT2D eigenvalue weighted by Crippen LogP contribution is 2.30. The lowest BCUT2D eigenvalue weighted by Gasteiger charge is -2.05. The zero-order valence-electron chi connectivity index (χ0n) is 14.3. The fourth-order valence-corrected chi connectivity index (χ4v) is 2.39. The van der Waals surface area contributed by atoms with E-state index in [-0.39, 0.29) is 17.2 Å². The van der Waals surface area contributed by atoms with Gasteiger partial charge in [-0.25, -0.2) is 10.1 Å². The zero-order chi connectivity index (χ0) is 19.6. The molecule has 3 N–H and O–H groups in total. The molecule has 0 aliphatic rings. The monoisotopic (exact) mass is 370 g/mol. The summed E-state index contributed by atoms with van der Waals surface area (Å²) in [5, 5.41) is 21.4. The molecule has 0 fully saturated rings. The molecule has 0 aliphatic carbocycles. The van der Waals surface area contributed by atoms with Gasteiger partial charge in [-0.3, -0.25) is 14.9 Å². The molecule has 0 unspecified atom stereocenters. The number of nitrogens with one attached hydrogen (secondary N) is 1. The summed E-state index contributed by atoms with van der Waals surface area (Å²) >= 11 is 0. The number of aryl methyl sites for hydroxylation is 2. The number of furan rings is 1. The summed E-state index contributed by atoms with van der Waals surface area (Å²) in [6.07, 6.45) is 1.29. The van der Waals surface area contributed by atoms with Crippen molar-refractivity contribution in [2.45, 2.75) is 13.8 Å². The molecule has 2 aromatic heterocycles. The minimum absolute atomic E-state index is 0.0499. The lowest BCUT2D eigenvalue weighted by Crippen LogP contribution is -2.19. The average molecular weight is 370 g/mol. The molecule has 0 saturated carbocycles. The van der Waals surface area contributed by atoms with Gasteiger partial charge in [0.05, 0.1) is 11.1 Å². The van der Waals surface area contributed by atoms with E-state index in [0.717, 1.165) is 5.56 Å². The van der Waals surface area contributed by atoms with E-state index < -0.39 is 10.8 Å². The van der Waals surface area contributed by atoms with Gasteiger partial charge in [0.25, 0.3) is 11.6 Å². The molecule has 2 heterocycles. The van der Waals surface area contributed by atoms with Crippen LogP contribution in [0.5, 0.6) is 0 Å². The Hall–Kier alpha value is -4.02. The van der Waals surface area contributed by atoms with Crippen molar-refractivity contribution in [2.75, 3.05) is 5.73 Å². The van der Waals surface area contributed by atoms with Gasteiger partial charge in [0, 0.05) is 17.2 Å². The van der Waals surface area contributed by atoms with E-state index >= 15 is 0 Å². The molecule has 0 aliphatic heterocycles. The zero-order valence-corrected chi connectivity index (χ0v) is 14.3. The number of hydrogen-bond acceptors (Lipinski definition) is 9. The number of aromatic nitrogens is 2. The van der Waals surface area contributed by atoms with E-state index in [0.29, 0.717) is 22.6 Å². The van der Waals surface area contributed by atoms with Crippen molar-refractivity contribution in [3.63, 3.8) is 0 Å². The third-order valence-corrected chi connectivity index (χ3v) is 3.72. The van der Waals surface area contributed by atoms with Gasteiger partial charge in [-0.1, -0.05) is 0 Å². The van der Waals surface area contributed by atoms with E-state index in [2.05, 4.69) is 25.5 Å². The summed E-state index contributed by atoms with van der Waals surface area (Å²) in [6.45, 7) is 3.42. The fourth-order valence-electron chi connectivity index (χ4n) is 2.39. The van der Waals surface area contributed by atoms with Gasteiger partial charge in [0.15, 0.2) is 0 Å². The Kier molecular flexibility index (Phi) is 4.66. The molecular formula is C16H14N6O5. The van der Waals surface area contributed by atoms with Gasteiger partial charge in [-0.15, -0.1) is 0 Å². The second-order valence-electron chi connectivity index (χ2n) is 5.61. The molecule has 0 saturated heterocycles. The summed E-state index contributed by atoms with van der Waals surface area (Å²) in [6, 6.07) is 6.54. The number of carbonyl (C=O) groups is 1. The predicted octanol–water partition coefficient (Wildman–Crippen LogP) is 2.20. The second kappa shape index (κ2) is 7.07. The van der Waals surface area contributed by atoms with E-state index in [9.17, 15) is 14.9 Å². The number of rotatable bonds is 5. The number of nitrogens with two attached hydrogens (primary N) is 1. The van der Waals surface area contributed by atoms with Gasteiger partial charge in [0.1, 0.15) is 11.5 Å². The topological polar surface area (TPSA) is 163 Å². The van der Waals surface area contributed by atoms with Crippen LogP contribution in [0.3, 0.4) is 0 Å². The van der Waals surface area contributed by atoms with Crippen molar-refractivity contribution < 1.29 is 18.8 Å². The molecule has 0 spiro atoms. The maximum Gasteiger partial charge on any atom is 0.297 e. The molecule has 3 rings (SSSR count). The van der Waals surface area contributed by atoms with Gasteiger partial charge >= 0.3 is 0 Å². The fraction of sp³-hybridized carbons (Fsp3) is 0.125. The standard InChI is InChI=1S/C16H14N6O5/c1-8-6-12(22(24)25)9(2)5-11(8)13-4-3-10(26-13)7-18-19-16(23)14-15(17)21-27-20-14/h3-7H,1-2H3,(H2,17,21)(H,19,23). The molecule has 0 radical (unpaired) electrons. The lowest BCUT2D eigenvalue weighted by atomic mass is 10.0. The van der Waals surface area contributed by atoms with Crippen LogP contribution in [0.4, 0.5) is 11.5 Å². The highest BCUT2D eigenvalue weighted by atomic mass is 16.6. The number of nitro groups is 1. The number of amides is 1. The summed E-state index contributed by atoms with van der Waals surface area (Å²) in [5.74, 6) is 0.0563. The van der Waals surface area contributed by atoms with Crippen molar-refractivity contribution in [1.29, 1.82) is 0 Å². The number of nitrogen functional groups attached to an aromatic ring is 1. The minimum Gasteiger partial charge on any atom is -0.455 e. The van der Waals surface area contributed by atoms with Crippen LogP contribution in [0.2, 0.25) is 0 Å². The molecule has 1 aromatic carbocycles. The normalized spacial score (nSPS) is 11.0. The van der Waals surface area contributed by atoms with Crippen molar-refractivity contribution in [3.8, 4) is 11.3 Å². The van der Waals surface area contributed by atoms with Crippen LogP contribution in [-0.4, -0.2) is 27.4 Å². The summed E-state index contributed by atoms with van der Waals surface area (Å²) in [5.41, 5.74) is 9.45. The molecule has 3 aromatic rings. The van der Waals surface area contributed by atoms with Crippen LogP contribution in [0.15, 0.2) is 38.4 Å². The minimum atomic E-state index is -0.682.